The van der Waals surface area contributed by atoms with Gasteiger partial charge in [-0.05, 0) is 56.0 Å². The monoisotopic (exact) mass is 422 g/mol. The van der Waals surface area contributed by atoms with Crippen LogP contribution in [0.2, 0.25) is 0 Å². The largest absolute Gasteiger partial charge is 0.497 e. The van der Waals surface area contributed by atoms with Crippen molar-refractivity contribution in [3.8, 4) is 5.75 Å². The zero-order valence-electron chi connectivity index (χ0n) is 17.9. The standard InChI is InChI=1S/C23H26N4O4/c1-15-9-10-19-16(12-15)6-5-11-26(19)14-20(28)25-27-21(29)23(2,24-22(27)30)17-7-4-8-18(13-17)31-3/h4,7-10,12-13H,5-6,11,14H2,1-3H3,(H,24,30)(H,25,28)/t23-/m1/s1. The fourth-order valence-electron chi connectivity index (χ4n) is 4.17. The van der Waals surface area contributed by atoms with Gasteiger partial charge in [-0.3, -0.25) is 15.0 Å². The van der Waals surface area contributed by atoms with E-state index in [2.05, 4.69) is 16.8 Å². The molecule has 0 aliphatic carbocycles. The van der Waals surface area contributed by atoms with Gasteiger partial charge < -0.3 is 15.0 Å². The maximum atomic E-state index is 13.1. The number of amides is 4. The van der Waals surface area contributed by atoms with Gasteiger partial charge in [0.2, 0.25) is 0 Å². The molecule has 4 rings (SSSR count). The van der Waals surface area contributed by atoms with E-state index in [0.717, 1.165) is 30.1 Å². The Balaban J connectivity index is 1.48. The van der Waals surface area contributed by atoms with E-state index in [-0.39, 0.29) is 6.54 Å². The van der Waals surface area contributed by atoms with E-state index in [4.69, 9.17) is 4.74 Å². The van der Waals surface area contributed by atoms with Gasteiger partial charge in [-0.2, -0.15) is 5.01 Å². The molecule has 0 unspecified atom stereocenters. The highest BCUT2D eigenvalue weighted by molar-refractivity contribution is 6.08. The molecule has 2 aliphatic heterocycles. The summed E-state index contributed by atoms with van der Waals surface area (Å²) in [5.74, 6) is -0.400. The first kappa shape index (κ1) is 20.7. The molecule has 2 aromatic rings. The predicted molar refractivity (Wildman–Crippen MR) is 116 cm³/mol. The SMILES string of the molecule is COc1cccc([C@@]2(C)NC(=O)N(NC(=O)CN3CCCc4cc(C)ccc43)C2=O)c1. The van der Waals surface area contributed by atoms with Crippen LogP contribution >= 0.6 is 0 Å². The summed E-state index contributed by atoms with van der Waals surface area (Å²) in [6.45, 7) is 4.45. The predicted octanol–water partition coefficient (Wildman–Crippen LogP) is 2.25. The van der Waals surface area contributed by atoms with E-state index in [1.54, 1.807) is 31.2 Å². The van der Waals surface area contributed by atoms with Gasteiger partial charge in [-0.1, -0.05) is 29.8 Å². The van der Waals surface area contributed by atoms with E-state index < -0.39 is 23.4 Å². The van der Waals surface area contributed by atoms with Crippen LogP contribution in [0.4, 0.5) is 10.5 Å². The second-order valence-corrected chi connectivity index (χ2v) is 8.12. The number of anilines is 1. The minimum Gasteiger partial charge on any atom is -0.497 e. The first-order chi connectivity index (χ1) is 14.8. The zero-order valence-corrected chi connectivity index (χ0v) is 17.9. The third kappa shape index (κ3) is 3.81. The van der Waals surface area contributed by atoms with Crippen molar-refractivity contribution in [2.45, 2.75) is 32.2 Å². The Hall–Kier alpha value is -3.55. The molecule has 4 amide bonds. The number of hydrazine groups is 1. The highest BCUT2D eigenvalue weighted by Gasteiger charge is 2.50. The number of nitrogens with one attached hydrogen (secondary N) is 2. The van der Waals surface area contributed by atoms with Crippen LogP contribution in [-0.2, 0) is 21.5 Å². The zero-order chi connectivity index (χ0) is 22.2. The smallest absolute Gasteiger partial charge is 0.344 e. The van der Waals surface area contributed by atoms with Crippen molar-refractivity contribution in [3.05, 3.63) is 59.2 Å². The third-order valence-electron chi connectivity index (χ3n) is 5.86. The van der Waals surface area contributed by atoms with Gasteiger partial charge in [-0.25, -0.2) is 4.79 Å². The Morgan fingerprint density at radius 3 is 2.81 bits per heavy atom. The summed E-state index contributed by atoms with van der Waals surface area (Å²) in [5, 5.41) is 3.45. The van der Waals surface area contributed by atoms with Gasteiger partial charge >= 0.3 is 6.03 Å². The summed E-state index contributed by atoms with van der Waals surface area (Å²) < 4.78 is 5.22. The summed E-state index contributed by atoms with van der Waals surface area (Å²) in [6.07, 6.45) is 1.92. The Morgan fingerprint density at radius 2 is 2.03 bits per heavy atom. The van der Waals surface area contributed by atoms with Crippen LogP contribution in [0.15, 0.2) is 42.5 Å². The quantitative estimate of drug-likeness (QED) is 0.722. The summed E-state index contributed by atoms with van der Waals surface area (Å²) in [4.78, 5) is 40.3. The van der Waals surface area contributed by atoms with Crippen molar-refractivity contribution in [3.63, 3.8) is 0 Å². The number of hydrogen-bond acceptors (Lipinski definition) is 5. The lowest BCUT2D eigenvalue weighted by atomic mass is 9.92. The van der Waals surface area contributed by atoms with Gasteiger partial charge in [0.1, 0.15) is 11.3 Å². The molecule has 1 atom stereocenters. The second kappa shape index (κ2) is 7.94. The van der Waals surface area contributed by atoms with Crippen molar-refractivity contribution in [2.75, 3.05) is 25.1 Å². The Morgan fingerprint density at radius 1 is 1.23 bits per heavy atom. The minimum absolute atomic E-state index is 0.0585. The van der Waals surface area contributed by atoms with Crippen LogP contribution in [0, 0.1) is 6.92 Å². The van der Waals surface area contributed by atoms with E-state index in [1.165, 1.54) is 18.2 Å². The molecular weight excluding hydrogens is 396 g/mol. The lowest BCUT2D eigenvalue weighted by molar-refractivity contribution is -0.138. The van der Waals surface area contributed by atoms with E-state index in [1.807, 2.05) is 24.0 Å². The summed E-state index contributed by atoms with van der Waals surface area (Å²) in [6, 6.07) is 12.4. The molecule has 1 saturated heterocycles. The number of aryl methyl sites for hydroxylation is 2. The van der Waals surface area contributed by atoms with E-state index in [9.17, 15) is 14.4 Å². The number of urea groups is 1. The van der Waals surface area contributed by atoms with Crippen LogP contribution in [-0.4, -0.2) is 43.1 Å². The van der Waals surface area contributed by atoms with Gasteiger partial charge in [0, 0.05) is 12.2 Å². The number of benzene rings is 2. The lowest BCUT2D eigenvalue weighted by Gasteiger charge is -2.31. The highest BCUT2D eigenvalue weighted by atomic mass is 16.5. The van der Waals surface area contributed by atoms with E-state index >= 15 is 0 Å². The number of nitrogens with zero attached hydrogens (tertiary/aromatic N) is 2. The van der Waals surface area contributed by atoms with Crippen molar-refractivity contribution >= 4 is 23.5 Å². The maximum Gasteiger partial charge on any atom is 0.344 e. The number of imide groups is 1. The van der Waals surface area contributed by atoms with Crippen LogP contribution in [0.25, 0.3) is 0 Å². The van der Waals surface area contributed by atoms with Crippen molar-refractivity contribution in [1.29, 1.82) is 0 Å². The van der Waals surface area contributed by atoms with Crippen molar-refractivity contribution < 1.29 is 19.1 Å². The molecule has 2 aliphatic rings. The Kier molecular flexibility index (Phi) is 5.31. The first-order valence-electron chi connectivity index (χ1n) is 10.3. The number of carbonyl (C=O) groups is 3. The minimum atomic E-state index is -1.30. The first-order valence-corrected chi connectivity index (χ1v) is 10.3. The average molecular weight is 422 g/mol. The summed E-state index contributed by atoms with van der Waals surface area (Å²) in [5.41, 5.74) is 5.16. The Labute approximate surface area is 181 Å². The molecular formula is C23H26N4O4. The molecule has 162 valence electrons. The molecule has 0 bridgehead atoms. The number of carbonyl (C=O) groups excluding carboxylic acids is 3. The lowest BCUT2D eigenvalue weighted by Crippen LogP contribution is -2.51. The number of methoxy groups -OCH3 is 1. The molecule has 31 heavy (non-hydrogen) atoms. The summed E-state index contributed by atoms with van der Waals surface area (Å²) >= 11 is 0. The normalized spacial score (nSPS) is 20.4. The molecule has 1 fully saturated rings. The van der Waals surface area contributed by atoms with Gasteiger partial charge in [0.05, 0.1) is 13.7 Å². The molecule has 0 aromatic heterocycles. The van der Waals surface area contributed by atoms with Crippen molar-refractivity contribution in [1.82, 2.24) is 15.8 Å². The molecule has 2 N–H and O–H groups in total. The van der Waals surface area contributed by atoms with Crippen LogP contribution < -0.4 is 20.4 Å². The average Bonchev–Trinajstić information content (AvgIpc) is 2.97. The number of fused-ring (bicyclic) bond motifs is 1. The fourth-order valence-corrected chi connectivity index (χ4v) is 4.17. The highest BCUT2D eigenvalue weighted by Crippen LogP contribution is 2.30. The molecule has 8 heteroatoms. The van der Waals surface area contributed by atoms with Crippen LogP contribution in [0.3, 0.4) is 0 Å². The molecule has 0 saturated carbocycles. The number of hydrogen-bond donors (Lipinski definition) is 2. The second-order valence-electron chi connectivity index (χ2n) is 8.12. The summed E-state index contributed by atoms with van der Waals surface area (Å²) in [7, 11) is 1.53. The van der Waals surface area contributed by atoms with Gasteiger partial charge in [-0.15, -0.1) is 0 Å². The van der Waals surface area contributed by atoms with Gasteiger partial charge in [0.25, 0.3) is 11.8 Å². The van der Waals surface area contributed by atoms with Crippen LogP contribution in [0.1, 0.15) is 30.0 Å². The number of rotatable bonds is 5. The maximum absolute atomic E-state index is 13.1. The molecule has 2 aromatic carbocycles. The molecule has 8 nitrogen and oxygen atoms in total. The fraction of sp³-hybridized carbons (Fsp3) is 0.348. The molecule has 0 radical (unpaired) electrons. The van der Waals surface area contributed by atoms with Crippen LogP contribution in [0.5, 0.6) is 5.75 Å². The number of ether oxygens (including phenoxy) is 1. The molecule has 0 spiro atoms. The van der Waals surface area contributed by atoms with Gasteiger partial charge in [0.15, 0.2) is 0 Å². The van der Waals surface area contributed by atoms with Crippen molar-refractivity contribution in [2.24, 2.45) is 0 Å². The van der Waals surface area contributed by atoms with E-state index in [0.29, 0.717) is 11.3 Å². The Bertz CT molecular complexity index is 1050. The molecule has 2 heterocycles. The third-order valence-corrected chi connectivity index (χ3v) is 5.86. The topological polar surface area (TPSA) is 91.0 Å².